The topological polar surface area (TPSA) is 990 Å². The molecule has 12 aliphatic rings. The van der Waals surface area contributed by atoms with Crippen molar-refractivity contribution in [3.63, 3.8) is 0 Å². The number of aliphatic hydroxyl groups excluding tert-OH is 37. The lowest BCUT2D eigenvalue weighted by Gasteiger charge is -2.51. The van der Waals surface area contributed by atoms with E-state index in [0.29, 0.717) is 0 Å². The van der Waals surface area contributed by atoms with Crippen LogP contribution < -0.4 is 5.32 Å². The molecule has 136 heavy (non-hydrogen) atoms. The molecule has 0 saturated carbocycles. The number of hydrogen-bond acceptors (Lipinski definition) is 61. The molecule has 0 aromatic heterocycles. The first-order valence-corrected chi connectivity index (χ1v) is 43.2. The molecule has 12 aliphatic heterocycles. The van der Waals surface area contributed by atoms with Crippen molar-refractivity contribution >= 4 is 5.91 Å². The largest absolute Gasteiger partial charge is 0.394 e. The molecule has 60 atom stereocenters. The molecule has 0 aromatic rings. The Morgan fingerprint density at radius 1 is 0.191 bits per heavy atom. The van der Waals surface area contributed by atoms with Crippen molar-refractivity contribution in [1.82, 2.24) is 5.32 Å². The van der Waals surface area contributed by atoms with Crippen molar-refractivity contribution in [3.05, 3.63) is 0 Å². The van der Waals surface area contributed by atoms with Crippen LogP contribution in [-0.2, 0) is 114 Å². The molecule has 0 aliphatic carbocycles. The average molecular weight is 2000 g/mol. The summed E-state index contributed by atoms with van der Waals surface area (Å²) in [4.78, 5) is 12.5. The molecule has 62 nitrogen and oxygen atoms in total. The Labute approximate surface area is 766 Å². The molecule has 12 saturated heterocycles. The van der Waals surface area contributed by atoms with Gasteiger partial charge in [0.1, 0.15) is 293 Å². The van der Waals surface area contributed by atoms with Crippen LogP contribution in [0.25, 0.3) is 0 Å². The summed E-state index contributed by atoms with van der Waals surface area (Å²) >= 11 is 0. The van der Waals surface area contributed by atoms with Gasteiger partial charge in [0, 0.05) is 6.92 Å². The Hall–Kier alpha value is -2.93. The highest BCUT2D eigenvalue weighted by Gasteiger charge is 2.63. The van der Waals surface area contributed by atoms with Gasteiger partial charge in [0.05, 0.1) is 79.3 Å². The standard InChI is InChI=1S/C74H125NO61/c1-14(86)75-27-39(98)54(24(11-85)116-63(27)113)128-70-53(112)58(38(97)26(127-70)12-114-64-50(109)57(129-65-47(106)40(99)28(87)15(2-76)117-65)37(96)25(126-64)13-115-71-59(43(102)31(90)18(5-79)122-71)133-66-48(107)41(100)29(88)16(3-77)118-66)132-73-62(46(105)34(93)20(7-81)124-73)136-74-61(45(104)33(92)21(8-82)125-74)135-69-51(110)55(35(94)22(9-83)121-69)130-68-52(111)56(36(95)23(10-84)120-68)131-72-60(44(103)32(91)19(6-80)123-72)134-67-49(108)42(101)30(89)17(4-78)119-67/h15-74,76-85,87-113H,2-13H2,1H3,(H,75,86)/t15-,16-,17-,18-,19-,20-,21-,22-,23-,24-,25-,26-,27-,28-,29-,30-,31-,32-,33-,34-,35-,36-,37-,38-,39-,40+,41+,42+,43+,44+,45+,46+,47+,48+,49-,50+,51+,52-,53+,54-,55+,56+,57+,58+,59+,60-,61+,62+,63-,64+,65-,66-,67-,68-,69-,70+,71+,72-,73-,74-/m1/s1. The van der Waals surface area contributed by atoms with Gasteiger partial charge in [-0.05, 0) is 0 Å². The number of hydrogen-bond donors (Lipinski definition) is 38. The van der Waals surface area contributed by atoms with Gasteiger partial charge in [-0.3, -0.25) is 4.79 Å². The van der Waals surface area contributed by atoms with Crippen LogP contribution in [-0.4, -0.2) is 643 Å². The fourth-order valence-electron chi connectivity index (χ4n) is 17.5. The van der Waals surface area contributed by atoms with E-state index in [9.17, 15) is 194 Å². The highest BCUT2D eigenvalue weighted by molar-refractivity contribution is 5.73. The molecule has 0 aromatic carbocycles. The van der Waals surface area contributed by atoms with E-state index in [2.05, 4.69) is 5.32 Å². The van der Waals surface area contributed by atoms with Gasteiger partial charge in [-0.1, -0.05) is 0 Å². The number of carbonyl (C=O) groups excluding carboxylic acids is 1. The van der Waals surface area contributed by atoms with Gasteiger partial charge in [-0.2, -0.15) is 0 Å². The molecule has 1 amide bonds. The minimum Gasteiger partial charge on any atom is -0.394 e. The number of carbonyl (C=O) groups is 1. The van der Waals surface area contributed by atoms with Gasteiger partial charge in [0.25, 0.3) is 0 Å². The van der Waals surface area contributed by atoms with Crippen molar-refractivity contribution in [1.29, 1.82) is 0 Å². The second kappa shape index (κ2) is 48.6. The van der Waals surface area contributed by atoms with Crippen molar-refractivity contribution in [2.24, 2.45) is 0 Å². The second-order valence-corrected chi connectivity index (χ2v) is 34.4. The fourth-order valence-corrected chi connectivity index (χ4v) is 17.5. The third kappa shape index (κ3) is 23.5. The van der Waals surface area contributed by atoms with Gasteiger partial charge >= 0.3 is 0 Å². The molecule has 0 unspecified atom stereocenters. The van der Waals surface area contributed by atoms with E-state index in [1.165, 1.54) is 0 Å². The van der Waals surface area contributed by atoms with E-state index in [1.807, 2.05) is 0 Å². The smallest absolute Gasteiger partial charge is 0.217 e. The molecular weight excluding hydrogens is 1880 g/mol. The molecule has 12 rings (SSSR count). The maximum absolute atomic E-state index is 12.7. The summed E-state index contributed by atoms with van der Waals surface area (Å²) in [5.41, 5.74) is 0. The maximum Gasteiger partial charge on any atom is 0.217 e. The first-order valence-electron chi connectivity index (χ1n) is 43.2. The molecule has 38 N–H and O–H groups in total. The molecular formula is C74H125NO61. The number of ether oxygens (including phenoxy) is 23. The zero-order valence-electron chi connectivity index (χ0n) is 71.5. The number of rotatable bonds is 35. The van der Waals surface area contributed by atoms with E-state index in [0.717, 1.165) is 6.92 Å². The lowest BCUT2D eigenvalue weighted by Crippen LogP contribution is -2.69. The van der Waals surface area contributed by atoms with E-state index < -0.39 is 454 Å². The molecule has 62 heteroatoms. The van der Waals surface area contributed by atoms with Crippen LogP contribution in [0, 0.1) is 0 Å². The minimum absolute atomic E-state index is 0.910. The average Bonchev–Trinajstić information content (AvgIpc) is 0.764. The Balaban J connectivity index is 0.829. The van der Waals surface area contributed by atoms with Crippen LogP contribution in [0.15, 0.2) is 0 Å². The van der Waals surface area contributed by atoms with Crippen molar-refractivity contribution in [2.75, 3.05) is 79.3 Å². The number of nitrogens with one attached hydrogen (secondary N) is 1. The SMILES string of the molecule is CC(=O)N[C@@H]1[C@@H](O)[C@H](O[C@@H]2O[C@H](CO[C@H]3O[C@H](CO[C@H]4O[C@H](CO)[C@@H](O)[C@H](O)[C@@H]4O[C@H]4O[C@H](CO)[C@@H](O)[C@H](O)[C@@H]4O)[C@@H](O)[C@H](O[C@H]4O[C@H](CO)[C@@H](O)[C@H](O)[C@@H]4O)[C@@H]3O)[C@@H](O)[C@H](O[C@H]3O[C@H](CO)[C@@H](O)[C@H](O)[C@@H]3O[C@H]3O[C@H](CO)[C@@H](O)[C@H](O)[C@@H]3O[C@H]3O[C@H](CO)[C@@H](O)[C@H](O[C@H]4O[C@H](CO)[C@@H](O)[C@H](O[C@H]5O[C@H](CO)[C@@H](O)[C@H](O)[C@H]5O[C@H]5O[C@H](CO)[C@@H](O)[C@H](O)[C@H]5O)[C@H]4O)[C@@H]3O)[C@@H]2O)[C@@H](CO)O[C@H]1O. The quantitative estimate of drug-likeness (QED) is 0.0280. The summed E-state index contributed by atoms with van der Waals surface area (Å²) in [5.74, 6) is -0.910. The van der Waals surface area contributed by atoms with E-state index >= 15 is 0 Å². The van der Waals surface area contributed by atoms with Gasteiger partial charge in [-0.15, -0.1) is 0 Å². The van der Waals surface area contributed by atoms with Crippen molar-refractivity contribution in [3.8, 4) is 0 Å². The summed E-state index contributed by atoms with van der Waals surface area (Å²) in [6, 6.07) is -1.85. The summed E-state index contributed by atoms with van der Waals surface area (Å²) < 4.78 is 134. The molecule has 0 bridgehead atoms. The predicted octanol–water partition coefficient (Wildman–Crippen LogP) is -27.0. The van der Waals surface area contributed by atoms with Crippen molar-refractivity contribution < 1.29 is 303 Å². The second-order valence-electron chi connectivity index (χ2n) is 34.4. The Kier molecular flexibility index (Phi) is 40.0. The molecule has 0 spiro atoms. The van der Waals surface area contributed by atoms with E-state index in [4.69, 9.17) is 109 Å². The summed E-state index contributed by atoms with van der Waals surface area (Å²) in [6.07, 6.45) is -131. The predicted molar refractivity (Wildman–Crippen MR) is 407 cm³/mol. The number of aliphatic hydroxyl groups is 37. The number of amides is 1. The van der Waals surface area contributed by atoms with Crippen LogP contribution in [0.1, 0.15) is 6.92 Å². The normalized spacial score (nSPS) is 52.8. The first kappa shape index (κ1) is 112. The van der Waals surface area contributed by atoms with Crippen LogP contribution in [0.4, 0.5) is 0 Å². The van der Waals surface area contributed by atoms with Crippen LogP contribution in [0.3, 0.4) is 0 Å². The van der Waals surface area contributed by atoms with Crippen LogP contribution in [0.2, 0.25) is 0 Å². The highest BCUT2D eigenvalue weighted by atomic mass is 16.8. The zero-order chi connectivity index (χ0) is 99.7. The third-order valence-corrected chi connectivity index (χ3v) is 25.5. The van der Waals surface area contributed by atoms with Gasteiger partial charge in [-0.25, -0.2) is 0 Å². The molecule has 12 fully saturated rings. The van der Waals surface area contributed by atoms with Gasteiger partial charge in [0.15, 0.2) is 75.5 Å². The molecule has 0 radical (unpaired) electrons. The summed E-state index contributed by atoms with van der Waals surface area (Å²) in [5, 5.41) is 414. The Bertz CT molecular complexity index is 3590. The summed E-state index contributed by atoms with van der Waals surface area (Å²) in [6.45, 7) is -13.0. The zero-order valence-corrected chi connectivity index (χ0v) is 71.5. The van der Waals surface area contributed by atoms with Crippen LogP contribution >= 0.6 is 0 Å². The summed E-state index contributed by atoms with van der Waals surface area (Å²) in [7, 11) is 0. The third-order valence-electron chi connectivity index (χ3n) is 25.5. The van der Waals surface area contributed by atoms with E-state index in [-0.39, 0.29) is 0 Å². The molecule has 12 heterocycles. The highest BCUT2D eigenvalue weighted by Crippen LogP contribution is 2.43. The molecule has 792 valence electrons. The van der Waals surface area contributed by atoms with Crippen molar-refractivity contribution in [2.45, 2.75) is 375 Å². The maximum atomic E-state index is 12.7. The lowest BCUT2D eigenvalue weighted by atomic mass is 9.94. The van der Waals surface area contributed by atoms with Gasteiger partial charge < -0.3 is 303 Å². The van der Waals surface area contributed by atoms with Crippen LogP contribution in [0.5, 0.6) is 0 Å². The minimum atomic E-state index is -2.64. The fraction of sp³-hybridized carbons (Fsp3) is 0.986. The Morgan fingerprint density at radius 3 is 0.684 bits per heavy atom. The van der Waals surface area contributed by atoms with Gasteiger partial charge in [0.2, 0.25) is 5.91 Å². The first-order chi connectivity index (χ1) is 64.5. The van der Waals surface area contributed by atoms with E-state index in [1.54, 1.807) is 0 Å². The Morgan fingerprint density at radius 2 is 0.390 bits per heavy atom. The lowest BCUT2D eigenvalue weighted by molar-refractivity contribution is -0.413. The monoisotopic (exact) mass is 2000 g/mol.